The number of aromatic nitrogens is 1. The number of fused-ring (bicyclic) bond motifs is 2. The fourth-order valence-electron chi connectivity index (χ4n) is 3.77. The summed E-state index contributed by atoms with van der Waals surface area (Å²) in [6.45, 7) is 11.6. The molecule has 0 spiro atoms. The van der Waals surface area contributed by atoms with Crippen LogP contribution < -0.4 is 16.8 Å². The Morgan fingerprint density at radius 2 is 1.92 bits per heavy atom. The molecule has 4 rings (SSSR count). The highest BCUT2D eigenvalue weighted by atomic mass is 32.1. The van der Waals surface area contributed by atoms with E-state index >= 15 is 0 Å². The molecular weight excluding hydrogens is 484 g/mol. The second-order valence-corrected chi connectivity index (χ2v) is 10.7. The lowest BCUT2D eigenvalue weighted by atomic mass is 9.71. The lowest BCUT2D eigenvalue weighted by Crippen LogP contribution is -2.27. The van der Waals surface area contributed by atoms with Crippen molar-refractivity contribution in [2.75, 3.05) is 18.4 Å². The summed E-state index contributed by atoms with van der Waals surface area (Å²) in [7, 11) is 0. The number of aryl methyl sites for hydroxylation is 1. The summed E-state index contributed by atoms with van der Waals surface area (Å²) in [5.41, 5.74) is 13.5. The zero-order valence-corrected chi connectivity index (χ0v) is 22.7. The first-order valence-electron chi connectivity index (χ1n) is 12.3. The number of carbonyl (C=O) groups is 2. The number of carbonyl (C=O) groups excluding carboxylic acids is 2. The smallest absolute Gasteiger partial charge is 0.416 e. The number of amides is 1. The largest absolute Gasteiger partial charge is 0.418 e. The normalized spacial score (nSPS) is 14.5. The van der Waals surface area contributed by atoms with E-state index in [4.69, 9.17) is 16.5 Å². The van der Waals surface area contributed by atoms with Crippen LogP contribution in [-0.4, -0.2) is 30.5 Å². The van der Waals surface area contributed by atoms with Gasteiger partial charge in [0.1, 0.15) is 4.83 Å². The first-order chi connectivity index (χ1) is 17.7. The van der Waals surface area contributed by atoms with E-state index in [-0.39, 0.29) is 0 Å². The van der Waals surface area contributed by atoms with Gasteiger partial charge in [-0.05, 0) is 66.5 Å². The van der Waals surface area contributed by atoms with Crippen molar-refractivity contribution in [3.63, 3.8) is 0 Å². The van der Waals surface area contributed by atoms with Crippen LogP contribution in [0, 0.1) is 11.3 Å². The Morgan fingerprint density at radius 3 is 2.51 bits per heavy atom. The van der Waals surface area contributed by atoms with Crippen LogP contribution in [0.4, 0.5) is 10.5 Å². The number of rotatable bonds is 5. The molecule has 0 saturated carbocycles. The molecule has 1 aliphatic carbocycles. The van der Waals surface area contributed by atoms with Crippen LogP contribution in [0.2, 0.25) is 0 Å². The highest BCUT2D eigenvalue weighted by molar-refractivity contribution is 7.20. The molecule has 37 heavy (non-hydrogen) atoms. The maximum Gasteiger partial charge on any atom is 0.416 e. The fraction of sp³-hybridized carbons (Fsp3) is 0.345. The molecule has 3 aromatic rings. The van der Waals surface area contributed by atoms with Crippen LogP contribution in [0.15, 0.2) is 67.5 Å². The average Bonchev–Trinajstić information content (AvgIpc) is 3.29. The molecule has 1 aliphatic rings. The molecule has 1 aromatic carbocycles. The number of ether oxygens (including phenoxy) is 1. The molecule has 1 amide bonds. The Balaban J connectivity index is 0.000000236. The first-order valence-corrected chi connectivity index (χ1v) is 13.1. The van der Waals surface area contributed by atoms with Crippen LogP contribution in [0.5, 0.6) is 0 Å². The number of hydrogen-bond acceptors (Lipinski definition) is 7. The van der Waals surface area contributed by atoms with Gasteiger partial charge in [-0.2, -0.15) is 0 Å². The van der Waals surface area contributed by atoms with Gasteiger partial charge in [0.25, 0.3) is 0 Å². The second kappa shape index (κ2) is 15.0. The van der Waals surface area contributed by atoms with E-state index in [9.17, 15) is 9.59 Å². The predicted molar refractivity (Wildman–Crippen MR) is 154 cm³/mol. The lowest BCUT2D eigenvalue weighted by molar-refractivity contribution is 0.112. The zero-order chi connectivity index (χ0) is 27.3. The molecule has 0 fully saturated rings. The molecule has 2 aromatic heterocycles. The lowest BCUT2D eigenvalue weighted by Gasteiger charge is -2.34. The molecule has 0 radical (unpaired) electrons. The van der Waals surface area contributed by atoms with E-state index in [1.165, 1.54) is 47.4 Å². The summed E-state index contributed by atoms with van der Waals surface area (Å²) in [6.07, 6.45) is 8.14. The van der Waals surface area contributed by atoms with Gasteiger partial charge in [0.05, 0.1) is 11.1 Å². The number of nitrogens with two attached hydrogens (primary N) is 2. The third-order valence-electron chi connectivity index (χ3n) is 5.81. The Hall–Kier alpha value is -3.33. The second-order valence-electron chi connectivity index (χ2n) is 9.60. The van der Waals surface area contributed by atoms with Crippen LogP contribution >= 0.6 is 11.3 Å². The highest BCUT2D eigenvalue weighted by Crippen LogP contribution is 2.38. The number of aldehydes is 1. The van der Waals surface area contributed by atoms with Crippen molar-refractivity contribution in [3.8, 4) is 0 Å². The number of pyridine rings is 1. The van der Waals surface area contributed by atoms with Crippen molar-refractivity contribution < 1.29 is 14.3 Å². The van der Waals surface area contributed by atoms with Crippen LogP contribution in [-0.2, 0) is 17.6 Å². The maximum atomic E-state index is 11.1. The quantitative estimate of drug-likeness (QED) is 0.212. The molecule has 198 valence electrons. The first kappa shape index (κ1) is 29.9. The topological polar surface area (TPSA) is 120 Å². The molecule has 0 bridgehead atoms. The van der Waals surface area contributed by atoms with Gasteiger partial charge >= 0.3 is 6.09 Å². The summed E-state index contributed by atoms with van der Waals surface area (Å²) < 4.78 is 4.68. The molecule has 8 heteroatoms. The van der Waals surface area contributed by atoms with E-state index in [0.717, 1.165) is 40.1 Å². The molecule has 5 N–H and O–H groups in total. The van der Waals surface area contributed by atoms with Crippen molar-refractivity contribution in [2.24, 2.45) is 22.8 Å². The number of nitrogens with one attached hydrogen (secondary N) is 1. The zero-order valence-electron chi connectivity index (χ0n) is 21.9. The Bertz CT molecular complexity index is 1180. The Labute approximate surface area is 223 Å². The van der Waals surface area contributed by atoms with E-state index in [1.54, 1.807) is 12.1 Å². The van der Waals surface area contributed by atoms with Gasteiger partial charge < -0.3 is 16.2 Å². The van der Waals surface area contributed by atoms with Crippen molar-refractivity contribution in [2.45, 2.75) is 40.0 Å². The molecule has 1 atom stereocenters. The third-order valence-corrected chi connectivity index (χ3v) is 6.78. The molecule has 2 heterocycles. The molecular formula is C29H38N4O3S. The number of thiophene rings is 1. The minimum absolute atomic E-state index is 0.356. The van der Waals surface area contributed by atoms with E-state index in [2.05, 4.69) is 43.5 Å². The van der Waals surface area contributed by atoms with Gasteiger partial charge in [-0.15, -0.1) is 11.3 Å². The standard InChI is InChI=1S/C16H19NOS.C11H11NO2.C2H8N2/c1-16(2,3)12-4-5-14-10(7-12)6-11-8-13(9-18)19-15(11)17-14;1-2-3-9-14-11(13)12-10-7-5-4-6-8-10;3-1-2-4/h6,8-9,12H,4-5,7H2,1-3H3;2-9H,1H2,(H,12,13);1-4H2/b;9-3-;. The summed E-state index contributed by atoms with van der Waals surface area (Å²) in [5.74, 6) is 0.725. The van der Waals surface area contributed by atoms with Crippen LogP contribution in [0.1, 0.15) is 48.1 Å². The van der Waals surface area contributed by atoms with Gasteiger partial charge in [0.2, 0.25) is 0 Å². The van der Waals surface area contributed by atoms with Gasteiger partial charge in [-0.1, -0.05) is 51.6 Å². The van der Waals surface area contributed by atoms with Crippen molar-refractivity contribution in [3.05, 3.63) is 83.6 Å². The monoisotopic (exact) mass is 522 g/mol. The van der Waals surface area contributed by atoms with E-state index in [1.807, 2.05) is 24.3 Å². The van der Waals surface area contributed by atoms with Crippen molar-refractivity contribution in [1.29, 1.82) is 0 Å². The number of hydrogen-bond donors (Lipinski definition) is 3. The van der Waals surface area contributed by atoms with Crippen molar-refractivity contribution in [1.82, 2.24) is 4.98 Å². The number of benzene rings is 1. The summed E-state index contributed by atoms with van der Waals surface area (Å²) in [6, 6.07) is 13.3. The third kappa shape index (κ3) is 9.92. The van der Waals surface area contributed by atoms with Gasteiger partial charge in [0, 0.05) is 29.9 Å². The summed E-state index contributed by atoms with van der Waals surface area (Å²) in [4.78, 5) is 28.5. The minimum Gasteiger partial charge on any atom is -0.418 e. The highest BCUT2D eigenvalue weighted by Gasteiger charge is 2.29. The molecule has 7 nitrogen and oxygen atoms in total. The molecule has 0 saturated heterocycles. The molecule has 0 aliphatic heterocycles. The average molecular weight is 523 g/mol. The predicted octanol–water partition coefficient (Wildman–Crippen LogP) is 6.10. The van der Waals surface area contributed by atoms with E-state index < -0.39 is 6.09 Å². The maximum absolute atomic E-state index is 11.1. The van der Waals surface area contributed by atoms with Gasteiger partial charge in [0.15, 0.2) is 6.29 Å². The molecule has 1 unspecified atom stereocenters. The van der Waals surface area contributed by atoms with Gasteiger partial charge in [-0.25, -0.2) is 9.78 Å². The van der Waals surface area contributed by atoms with Crippen LogP contribution in [0.25, 0.3) is 10.2 Å². The Kier molecular flexibility index (Phi) is 12.2. The van der Waals surface area contributed by atoms with E-state index in [0.29, 0.717) is 24.2 Å². The van der Waals surface area contributed by atoms with Gasteiger partial charge in [-0.3, -0.25) is 10.1 Å². The SMILES string of the molecule is C=C/C=C\OC(=O)Nc1ccccc1.CC(C)(C)C1CCc2nc3sc(C=O)cc3cc2C1.NCCN. The fourth-order valence-corrected chi connectivity index (χ4v) is 4.61. The number of nitrogens with zero attached hydrogens (tertiary/aromatic N) is 1. The Morgan fingerprint density at radius 1 is 1.22 bits per heavy atom. The summed E-state index contributed by atoms with van der Waals surface area (Å²) >= 11 is 1.50. The number of anilines is 1. The minimum atomic E-state index is -0.519. The number of para-hydroxylation sites is 1. The van der Waals surface area contributed by atoms with Crippen LogP contribution in [0.3, 0.4) is 0 Å². The number of allylic oxidation sites excluding steroid dienone is 2. The summed E-state index contributed by atoms with van der Waals surface area (Å²) in [5, 5.41) is 3.68. The van der Waals surface area contributed by atoms with Crippen molar-refractivity contribution >= 4 is 39.6 Å².